The van der Waals surface area contributed by atoms with E-state index in [1.165, 1.54) is 4.52 Å². The van der Waals surface area contributed by atoms with Gasteiger partial charge in [-0.3, -0.25) is 4.79 Å². The lowest BCUT2D eigenvalue weighted by Crippen LogP contribution is -2.18. The van der Waals surface area contributed by atoms with Crippen LogP contribution in [0.25, 0.3) is 16.6 Å². The number of aryl methyl sites for hydroxylation is 1. The maximum absolute atomic E-state index is 12.2. The second-order valence-corrected chi connectivity index (χ2v) is 4.21. The van der Waals surface area contributed by atoms with Crippen LogP contribution >= 0.6 is 11.6 Å². The predicted molar refractivity (Wildman–Crippen MR) is 66.5 cm³/mol. The summed E-state index contributed by atoms with van der Waals surface area (Å²) in [5, 5.41) is 4.82. The van der Waals surface area contributed by atoms with E-state index in [1.807, 2.05) is 19.1 Å². The highest BCUT2D eigenvalue weighted by atomic mass is 35.5. The number of benzene rings is 1. The molecule has 4 nitrogen and oxygen atoms in total. The topological polar surface area (TPSA) is 47.3 Å². The molecule has 17 heavy (non-hydrogen) atoms. The van der Waals surface area contributed by atoms with E-state index in [1.54, 1.807) is 18.2 Å². The average molecular weight is 246 g/mol. The molecule has 84 valence electrons. The molecule has 0 amide bonds. The number of hydrogen-bond acceptors (Lipinski definition) is 3. The molecule has 0 saturated heterocycles. The molecule has 5 heteroatoms. The fourth-order valence-electron chi connectivity index (χ4n) is 1.84. The lowest BCUT2D eigenvalue weighted by atomic mass is 10.2. The Kier molecular flexibility index (Phi) is 2.12. The summed E-state index contributed by atoms with van der Waals surface area (Å²) in [5.41, 5.74) is 1.84. The quantitative estimate of drug-likeness (QED) is 0.571. The Morgan fingerprint density at radius 2 is 2.06 bits per heavy atom. The van der Waals surface area contributed by atoms with E-state index in [9.17, 15) is 4.79 Å². The molecule has 1 aromatic carbocycles. The van der Waals surface area contributed by atoms with Gasteiger partial charge in [-0.15, -0.1) is 0 Å². The van der Waals surface area contributed by atoms with Crippen molar-refractivity contribution >= 4 is 28.2 Å². The summed E-state index contributed by atoms with van der Waals surface area (Å²) in [4.78, 5) is 16.6. The molecule has 0 unspecified atom stereocenters. The molecule has 0 spiro atoms. The molecule has 3 rings (SSSR count). The first-order valence-corrected chi connectivity index (χ1v) is 5.49. The van der Waals surface area contributed by atoms with Crippen LogP contribution < -0.4 is 5.56 Å². The van der Waals surface area contributed by atoms with E-state index < -0.39 is 0 Å². The van der Waals surface area contributed by atoms with Gasteiger partial charge in [0.25, 0.3) is 5.56 Å². The van der Waals surface area contributed by atoms with E-state index in [4.69, 9.17) is 11.6 Å². The molecule has 0 N–H and O–H groups in total. The molecule has 0 aliphatic carbocycles. The minimum Gasteiger partial charge on any atom is -0.267 e. The van der Waals surface area contributed by atoms with Gasteiger partial charge in [0.15, 0.2) is 10.8 Å². The standard InChI is InChI=1S/C12H8ClN3O/c1-7-6-10(13)15-16-11(7)14-9-5-3-2-4-8(9)12(16)17/h2-6H,1H3. The van der Waals surface area contributed by atoms with Crippen LogP contribution in [-0.2, 0) is 0 Å². The maximum Gasteiger partial charge on any atom is 0.282 e. The van der Waals surface area contributed by atoms with Crippen molar-refractivity contribution in [3.8, 4) is 0 Å². The van der Waals surface area contributed by atoms with Gasteiger partial charge in [-0.25, -0.2) is 4.98 Å². The zero-order valence-electron chi connectivity index (χ0n) is 9.01. The van der Waals surface area contributed by atoms with Gasteiger partial charge in [0.05, 0.1) is 10.9 Å². The zero-order valence-corrected chi connectivity index (χ0v) is 9.77. The highest BCUT2D eigenvalue weighted by molar-refractivity contribution is 6.29. The van der Waals surface area contributed by atoms with Crippen molar-refractivity contribution in [2.45, 2.75) is 6.92 Å². The minimum absolute atomic E-state index is 0.198. The average Bonchev–Trinajstić information content (AvgIpc) is 2.31. The lowest BCUT2D eigenvalue weighted by Gasteiger charge is -2.04. The van der Waals surface area contributed by atoms with Crippen molar-refractivity contribution in [2.24, 2.45) is 0 Å². The number of nitrogens with zero attached hydrogens (tertiary/aromatic N) is 3. The van der Waals surface area contributed by atoms with E-state index in [0.717, 1.165) is 5.56 Å². The summed E-state index contributed by atoms with van der Waals surface area (Å²) < 4.78 is 1.25. The molecule has 0 bridgehead atoms. The first-order chi connectivity index (χ1) is 8.16. The fourth-order valence-corrected chi connectivity index (χ4v) is 2.08. The smallest absolute Gasteiger partial charge is 0.267 e. The Bertz CT molecular complexity index is 795. The zero-order chi connectivity index (χ0) is 12.0. The molecule has 3 aromatic rings. The normalized spacial score (nSPS) is 11.2. The summed E-state index contributed by atoms with van der Waals surface area (Å²) in [5.74, 6) is 0. The number of fused-ring (bicyclic) bond motifs is 2. The molecular formula is C12H8ClN3O. The summed E-state index contributed by atoms with van der Waals surface area (Å²) in [6.45, 7) is 1.85. The van der Waals surface area contributed by atoms with Gasteiger partial charge in [-0.2, -0.15) is 9.61 Å². The third-order valence-electron chi connectivity index (χ3n) is 2.64. The molecule has 2 aromatic heterocycles. The minimum atomic E-state index is -0.198. The Balaban J connectivity index is 2.64. The van der Waals surface area contributed by atoms with Crippen LogP contribution in [0.4, 0.5) is 0 Å². The highest BCUT2D eigenvalue weighted by Crippen LogP contribution is 2.13. The van der Waals surface area contributed by atoms with E-state index in [0.29, 0.717) is 16.6 Å². The van der Waals surface area contributed by atoms with Gasteiger partial charge in [0.1, 0.15) is 0 Å². The molecule has 0 radical (unpaired) electrons. The highest BCUT2D eigenvalue weighted by Gasteiger charge is 2.08. The number of hydrogen-bond donors (Lipinski definition) is 0. The van der Waals surface area contributed by atoms with Gasteiger partial charge < -0.3 is 0 Å². The first kappa shape index (κ1) is 10.2. The van der Waals surface area contributed by atoms with Crippen molar-refractivity contribution < 1.29 is 0 Å². The van der Waals surface area contributed by atoms with Crippen LogP contribution in [0.1, 0.15) is 5.56 Å². The van der Waals surface area contributed by atoms with Gasteiger partial charge >= 0.3 is 0 Å². The third-order valence-corrected chi connectivity index (χ3v) is 2.82. The monoisotopic (exact) mass is 245 g/mol. The number of rotatable bonds is 0. The molecule has 0 fully saturated rings. The lowest BCUT2D eigenvalue weighted by molar-refractivity contribution is 0.874. The number of halogens is 1. The van der Waals surface area contributed by atoms with Crippen molar-refractivity contribution in [1.82, 2.24) is 14.6 Å². The molecule has 2 heterocycles. The third kappa shape index (κ3) is 1.49. The largest absolute Gasteiger partial charge is 0.282 e. The summed E-state index contributed by atoms with van der Waals surface area (Å²) >= 11 is 5.85. The molecule has 0 atom stereocenters. The van der Waals surface area contributed by atoms with E-state index in [2.05, 4.69) is 10.1 Å². The molecule has 0 aliphatic rings. The second kappa shape index (κ2) is 3.53. The second-order valence-electron chi connectivity index (χ2n) is 3.82. The van der Waals surface area contributed by atoms with Crippen LogP contribution in [0, 0.1) is 6.92 Å². The summed E-state index contributed by atoms with van der Waals surface area (Å²) in [6, 6.07) is 8.89. The van der Waals surface area contributed by atoms with Crippen LogP contribution in [0.5, 0.6) is 0 Å². The number of aromatic nitrogens is 3. The van der Waals surface area contributed by atoms with Crippen LogP contribution in [0.2, 0.25) is 5.15 Å². The Hall–Kier alpha value is -1.94. The molecule has 0 aliphatic heterocycles. The Morgan fingerprint density at radius 1 is 1.29 bits per heavy atom. The SMILES string of the molecule is Cc1cc(Cl)nn2c(=O)c3ccccc3nc12. The van der Waals surface area contributed by atoms with Crippen LogP contribution in [-0.4, -0.2) is 14.6 Å². The molecule has 0 saturated carbocycles. The van der Waals surface area contributed by atoms with Gasteiger partial charge in [-0.05, 0) is 30.7 Å². The van der Waals surface area contributed by atoms with Crippen molar-refractivity contribution in [2.75, 3.05) is 0 Å². The van der Waals surface area contributed by atoms with Crippen molar-refractivity contribution in [3.05, 3.63) is 51.4 Å². The Labute approximate surface area is 101 Å². The summed E-state index contributed by atoms with van der Waals surface area (Å²) in [6.07, 6.45) is 0. The van der Waals surface area contributed by atoms with E-state index in [-0.39, 0.29) is 10.7 Å². The molecular weight excluding hydrogens is 238 g/mol. The maximum atomic E-state index is 12.2. The van der Waals surface area contributed by atoms with Gasteiger partial charge in [0.2, 0.25) is 0 Å². The van der Waals surface area contributed by atoms with Crippen molar-refractivity contribution in [1.29, 1.82) is 0 Å². The van der Waals surface area contributed by atoms with Crippen LogP contribution in [0.15, 0.2) is 35.1 Å². The predicted octanol–water partition coefficient (Wildman–Crippen LogP) is 2.20. The van der Waals surface area contributed by atoms with E-state index >= 15 is 0 Å². The van der Waals surface area contributed by atoms with Gasteiger partial charge in [0, 0.05) is 0 Å². The fraction of sp³-hybridized carbons (Fsp3) is 0.0833. The number of para-hydroxylation sites is 1. The van der Waals surface area contributed by atoms with Crippen LogP contribution in [0.3, 0.4) is 0 Å². The summed E-state index contributed by atoms with van der Waals surface area (Å²) in [7, 11) is 0. The first-order valence-electron chi connectivity index (χ1n) is 5.12. The van der Waals surface area contributed by atoms with Crippen molar-refractivity contribution in [3.63, 3.8) is 0 Å². The Morgan fingerprint density at radius 3 is 2.88 bits per heavy atom. The van der Waals surface area contributed by atoms with Gasteiger partial charge in [-0.1, -0.05) is 23.7 Å².